The van der Waals surface area contributed by atoms with E-state index in [1.165, 1.54) is 18.4 Å². The van der Waals surface area contributed by atoms with Crippen LogP contribution in [0.15, 0.2) is 24.3 Å². The first-order chi connectivity index (χ1) is 9.80. The second-order valence-electron chi connectivity index (χ2n) is 6.13. The summed E-state index contributed by atoms with van der Waals surface area (Å²) in [7, 11) is 0. The first-order valence-corrected chi connectivity index (χ1v) is 7.71. The fourth-order valence-electron chi connectivity index (χ4n) is 2.58. The van der Waals surface area contributed by atoms with Gasteiger partial charge in [0.2, 0.25) is 0 Å². The summed E-state index contributed by atoms with van der Waals surface area (Å²) in [4.78, 5) is 0. The van der Waals surface area contributed by atoms with Crippen LogP contribution in [-0.2, 0) is 15.9 Å². The van der Waals surface area contributed by atoms with Crippen molar-refractivity contribution in [3.05, 3.63) is 29.8 Å². The lowest BCUT2D eigenvalue weighted by Crippen LogP contribution is -2.46. The van der Waals surface area contributed by atoms with Crippen molar-refractivity contribution in [2.24, 2.45) is 5.41 Å². The summed E-state index contributed by atoms with van der Waals surface area (Å²) in [6, 6.07) is 8.50. The van der Waals surface area contributed by atoms with E-state index < -0.39 is 0 Å². The molecule has 0 N–H and O–H groups in total. The van der Waals surface area contributed by atoms with Crippen molar-refractivity contribution in [3.63, 3.8) is 0 Å². The number of benzene rings is 1. The van der Waals surface area contributed by atoms with E-state index in [0.29, 0.717) is 6.10 Å². The molecule has 110 valence electrons. The van der Waals surface area contributed by atoms with Crippen LogP contribution in [0.3, 0.4) is 0 Å². The van der Waals surface area contributed by atoms with Crippen molar-refractivity contribution in [2.45, 2.75) is 38.7 Å². The van der Waals surface area contributed by atoms with Gasteiger partial charge in [0.1, 0.15) is 5.75 Å². The molecule has 3 nitrogen and oxygen atoms in total. The highest BCUT2D eigenvalue weighted by Crippen LogP contribution is 2.32. The van der Waals surface area contributed by atoms with Crippen LogP contribution in [0.1, 0.15) is 31.7 Å². The molecule has 0 bridgehead atoms. The van der Waals surface area contributed by atoms with Gasteiger partial charge in [-0.3, -0.25) is 0 Å². The fraction of sp³-hybridized carbons (Fsp3) is 0.647. The van der Waals surface area contributed by atoms with Crippen molar-refractivity contribution in [1.82, 2.24) is 0 Å². The molecule has 0 aromatic heterocycles. The zero-order valence-corrected chi connectivity index (χ0v) is 12.3. The van der Waals surface area contributed by atoms with E-state index >= 15 is 0 Å². The van der Waals surface area contributed by atoms with Gasteiger partial charge in [0.25, 0.3) is 0 Å². The third-order valence-corrected chi connectivity index (χ3v) is 4.40. The van der Waals surface area contributed by atoms with Crippen LogP contribution in [-0.4, -0.2) is 32.5 Å². The summed E-state index contributed by atoms with van der Waals surface area (Å²) >= 11 is 0. The SMILES string of the molecule is CCC1(COc2cccc(CCCC3CO3)c2)COC1. The Morgan fingerprint density at radius 1 is 1.35 bits per heavy atom. The first-order valence-electron chi connectivity index (χ1n) is 7.71. The molecule has 1 aromatic rings. The highest BCUT2D eigenvalue weighted by atomic mass is 16.6. The smallest absolute Gasteiger partial charge is 0.119 e. The Hall–Kier alpha value is -1.06. The lowest BCUT2D eigenvalue weighted by Gasteiger charge is -2.40. The molecular formula is C17H24O3. The quantitative estimate of drug-likeness (QED) is 0.683. The maximum atomic E-state index is 5.98. The molecule has 0 amide bonds. The van der Waals surface area contributed by atoms with Crippen molar-refractivity contribution in [1.29, 1.82) is 0 Å². The molecule has 1 unspecified atom stereocenters. The average molecular weight is 276 g/mol. The van der Waals surface area contributed by atoms with Crippen molar-refractivity contribution in [2.75, 3.05) is 26.4 Å². The summed E-state index contributed by atoms with van der Waals surface area (Å²) in [5, 5.41) is 0. The minimum atomic E-state index is 0.249. The van der Waals surface area contributed by atoms with Gasteiger partial charge in [-0.15, -0.1) is 0 Å². The summed E-state index contributed by atoms with van der Waals surface area (Å²) < 4.78 is 16.6. The zero-order valence-electron chi connectivity index (χ0n) is 12.3. The molecular weight excluding hydrogens is 252 g/mol. The van der Waals surface area contributed by atoms with Crippen LogP contribution in [0.2, 0.25) is 0 Å². The lowest BCUT2D eigenvalue weighted by atomic mass is 9.84. The zero-order chi connectivity index (χ0) is 13.8. The Balaban J connectivity index is 1.48. The van der Waals surface area contributed by atoms with Crippen molar-refractivity contribution in [3.8, 4) is 5.75 Å². The molecule has 1 aromatic carbocycles. The predicted octanol–water partition coefficient (Wildman–Crippen LogP) is 3.21. The van der Waals surface area contributed by atoms with Gasteiger partial charge < -0.3 is 14.2 Å². The minimum absolute atomic E-state index is 0.249. The molecule has 3 heteroatoms. The number of rotatable bonds is 8. The average Bonchev–Trinajstić information content (AvgIpc) is 3.23. The van der Waals surface area contributed by atoms with E-state index in [0.717, 1.165) is 45.0 Å². The molecule has 0 radical (unpaired) electrons. The fourth-order valence-corrected chi connectivity index (χ4v) is 2.58. The predicted molar refractivity (Wildman–Crippen MR) is 78.2 cm³/mol. The monoisotopic (exact) mass is 276 g/mol. The van der Waals surface area contributed by atoms with Crippen LogP contribution in [0.4, 0.5) is 0 Å². The molecule has 2 aliphatic rings. The van der Waals surface area contributed by atoms with Gasteiger partial charge in [0.05, 0.1) is 37.9 Å². The van der Waals surface area contributed by atoms with E-state index in [2.05, 4.69) is 31.2 Å². The number of aryl methyl sites for hydroxylation is 1. The van der Waals surface area contributed by atoms with Gasteiger partial charge in [-0.2, -0.15) is 0 Å². The number of hydrogen-bond acceptors (Lipinski definition) is 3. The van der Waals surface area contributed by atoms with Crippen LogP contribution >= 0.6 is 0 Å². The second-order valence-corrected chi connectivity index (χ2v) is 6.13. The third-order valence-electron chi connectivity index (χ3n) is 4.40. The van der Waals surface area contributed by atoms with Gasteiger partial charge in [-0.25, -0.2) is 0 Å². The Morgan fingerprint density at radius 3 is 2.85 bits per heavy atom. The Morgan fingerprint density at radius 2 is 2.20 bits per heavy atom. The lowest BCUT2D eigenvalue weighted by molar-refractivity contribution is -0.133. The maximum Gasteiger partial charge on any atom is 0.119 e. The summed E-state index contributed by atoms with van der Waals surface area (Å²) in [5.74, 6) is 0.991. The second kappa shape index (κ2) is 6.15. The maximum absolute atomic E-state index is 5.98. The van der Waals surface area contributed by atoms with Crippen LogP contribution in [0.25, 0.3) is 0 Å². The Bertz CT molecular complexity index is 430. The summed E-state index contributed by atoms with van der Waals surface area (Å²) in [5.41, 5.74) is 1.61. The molecule has 2 heterocycles. The Kier molecular flexibility index (Phi) is 4.27. The van der Waals surface area contributed by atoms with Crippen LogP contribution < -0.4 is 4.74 Å². The standard InChI is InChI=1S/C17H24O3/c1-2-17(11-18-12-17)13-20-15-7-3-5-14(9-15)6-4-8-16-10-19-16/h3,5,7,9,16H,2,4,6,8,10-13H2,1H3. The molecule has 0 spiro atoms. The highest BCUT2D eigenvalue weighted by molar-refractivity contribution is 5.28. The van der Waals surface area contributed by atoms with Gasteiger partial charge in [0.15, 0.2) is 0 Å². The molecule has 2 saturated heterocycles. The number of epoxide rings is 1. The van der Waals surface area contributed by atoms with Crippen molar-refractivity contribution < 1.29 is 14.2 Å². The molecule has 1 atom stereocenters. The first kappa shape index (κ1) is 13.9. The molecule has 2 fully saturated rings. The van der Waals surface area contributed by atoms with E-state index in [9.17, 15) is 0 Å². The molecule has 20 heavy (non-hydrogen) atoms. The van der Waals surface area contributed by atoms with E-state index in [1.54, 1.807) is 0 Å². The van der Waals surface area contributed by atoms with Gasteiger partial charge in [-0.1, -0.05) is 19.1 Å². The summed E-state index contributed by atoms with van der Waals surface area (Å²) in [6.45, 7) is 5.62. The van der Waals surface area contributed by atoms with Crippen LogP contribution in [0, 0.1) is 5.41 Å². The normalized spacial score (nSPS) is 23.1. The topological polar surface area (TPSA) is 31.0 Å². The third kappa shape index (κ3) is 3.53. The molecule has 3 rings (SSSR count). The van der Waals surface area contributed by atoms with Gasteiger partial charge in [0, 0.05) is 0 Å². The van der Waals surface area contributed by atoms with Crippen molar-refractivity contribution >= 4 is 0 Å². The van der Waals surface area contributed by atoms with Gasteiger partial charge in [-0.05, 0) is 43.4 Å². The summed E-state index contributed by atoms with van der Waals surface area (Å²) in [6.07, 6.45) is 5.15. The minimum Gasteiger partial charge on any atom is -0.493 e. The van der Waals surface area contributed by atoms with Crippen LogP contribution in [0.5, 0.6) is 5.75 Å². The van der Waals surface area contributed by atoms with E-state index in [-0.39, 0.29) is 5.41 Å². The Labute approximate surface area is 121 Å². The molecule has 0 aliphatic carbocycles. The van der Waals surface area contributed by atoms with E-state index in [1.807, 2.05) is 0 Å². The number of ether oxygens (including phenoxy) is 3. The highest BCUT2D eigenvalue weighted by Gasteiger charge is 2.37. The largest absolute Gasteiger partial charge is 0.493 e. The van der Waals surface area contributed by atoms with Gasteiger partial charge >= 0.3 is 0 Å². The molecule has 0 saturated carbocycles. The van der Waals surface area contributed by atoms with E-state index in [4.69, 9.17) is 14.2 Å². The molecule has 2 aliphatic heterocycles. The number of hydrogen-bond donors (Lipinski definition) is 0.